The van der Waals surface area contributed by atoms with Crippen LogP contribution in [0.5, 0.6) is 0 Å². The zero-order valence-corrected chi connectivity index (χ0v) is 15.3. The van der Waals surface area contributed by atoms with Gasteiger partial charge in [-0.2, -0.15) is 0 Å². The van der Waals surface area contributed by atoms with Crippen LogP contribution in [0.1, 0.15) is 55.3 Å². The van der Waals surface area contributed by atoms with Crippen molar-refractivity contribution in [3.8, 4) is 0 Å². The van der Waals surface area contributed by atoms with Crippen LogP contribution in [0.25, 0.3) is 0 Å². The minimum atomic E-state index is -0.112. The second kappa shape index (κ2) is 9.20. The number of carbonyl (C=O) groups excluding carboxylic acids is 2. The summed E-state index contributed by atoms with van der Waals surface area (Å²) in [5.41, 5.74) is 7.14. The third kappa shape index (κ3) is 5.44. The van der Waals surface area contributed by atoms with Crippen molar-refractivity contribution in [3.63, 3.8) is 0 Å². The van der Waals surface area contributed by atoms with E-state index in [0.717, 1.165) is 25.7 Å². The predicted molar refractivity (Wildman–Crippen MR) is 102 cm³/mol. The maximum atomic E-state index is 12.6. The molecule has 5 nitrogen and oxygen atoms in total. The third-order valence-corrected chi connectivity index (χ3v) is 5.13. The molecule has 138 valence electrons. The fourth-order valence-electron chi connectivity index (χ4n) is 3.49. The van der Waals surface area contributed by atoms with Gasteiger partial charge in [0.1, 0.15) is 0 Å². The molecule has 2 aliphatic rings. The summed E-state index contributed by atoms with van der Waals surface area (Å²) in [4.78, 5) is 24.4. The van der Waals surface area contributed by atoms with E-state index in [1.807, 2.05) is 6.07 Å². The average Bonchev–Trinajstić information content (AvgIpc) is 3.45. The van der Waals surface area contributed by atoms with E-state index in [4.69, 9.17) is 5.73 Å². The SMILES string of the molecule is Cl.NCC(NC(=O)c1cccc(NC(=O)C2CC2)c1)C1CCCCC1. The highest BCUT2D eigenvalue weighted by atomic mass is 35.5. The van der Waals surface area contributed by atoms with Crippen LogP contribution in [-0.4, -0.2) is 24.4 Å². The Labute approximate surface area is 155 Å². The van der Waals surface area contributed by atoms with E-state index >= 15 is 0 Å². The quantitative estimate of drug-likeness (QED) is 0.724. The van der Waals surface area contributed by atoms with E-state index in [9.17, 15) is 9.59 Å². The van der Waals surface area contributed by atoms with Crippen molar-refractivity contribution in [2.45, 2.75) is 51.0 Å². The normalized spacial score (nSPS) is 18.8. The molecule has 25 heavy (non-hydrogen) atoms. The lowest BCUT2D eigenvalue weighted by Crippen LogP contribution is -2.45. The largest absolute Gasteiger partial charge is 0.348 e. The Balaban J connectivity index is 0.00000225. The van der Waals surface area contributed by atoms with Gasteiger partial charge in [-0.05, 0) is 49.8 Å². The van der Waals surface area contributed by atoms with Gasteiger partial charge < -0.3 is 16.4 Å². The van der Waals surface area contributed by atoms with E-state index in [1.54, 1.807) is 18.2 Å². The zero-order chi connectivity index (χ0) is 16.9. The molecule has 6 heteroatoms. The van der Waals surface area contributed by atoms with Gasteiger partial charge in [0.15, 0.2) is 0 Å². The number of amides is 2. The van der Waals surface area contributed by atoms with Gasteiger partial charge in [-0.3, -0.25) is 9.59 Å². The number of hydrogen-bond acceptors (Lipinski definition) is 3. The molecule has 2 aliphatic carbocycles. The number of carbonyl (C=O) groups is 2. The first kappa shape index (κ1) is 19.7. The number of halogens is 1. The molecule has 3 rings (SSSR count). The molecule has 1 atom stereocenters. The van der Waals surface area contributed by atoms with Gasteiger partial charge in [0.2, 0.25) is 5.91 Å². The second-order valence-corrected chi connectivity index (χ2v) is 7.06. The van der Waals surface area contributed by atoms with Crippen LogP contribution >= 0.6 is 12.4 Å². The Morgan fingerprint density at radius 3 is 2.48 bits per heavy atom. The lowest BCUT2D eigenvalue weighted by molar-refractivity contribution is -0.117. The molecular weight excluding hydrogens is 338 g/mol. The standard InChI is InChI=1S/C19H27N3O2.ClH/c20-12-17(13-5-2-1-3-6-13)22-19(24)15-7-4-8-16(11-15)21-18(23)14-9-10-14;/h4,7-8,11,13-14,17H,1-3,5-6,9-10,12,20H2,(H,21,23)(H,22,24);1H. The van der Waals surface area contributed by atoms with Crippen LogP contribution in [0, 0.1) is 11.8 Å². The summed E-state index contributed by atoms with van der Waals surface area (Å²) in [5.74, 6) is 0.564. The molecule has 4 N–H and O–H groups in total. The Morgan fingerprint density at radius 2 is 1.84 bits per heavy atom. The summed E-state index contributed by atoms with van der Waals surface area (Å²) >= 11 is 0. The van der Waals surface area contributed by atoms with Crippen LogP contribution in [0.15, 0.2) is 24.3 Å². The minimum Gasteiger partial charge on any atom is -0.348 e. The topological polar surface area (TPSA) is 84.2 Å². The number of rotatable bonds is 6. The van der Waals surface area contributed by atoms with E-state index < -0.39 is 0 Å². The summed E-state index contributed by atoms with van der Waals surface area (Å²) in [6.07, 6.45) is 7.93. The highest BCUT2D eigenvalue weighted by Crippen LogP contribution is 2.30. The molecule has 0 bridgehead atoms. The molecule has 1 aromatic carbocycles. The highest BCUT2D eigenvalue weighted by molar-refractivity contribution is 5.98. The molecular formula is C19H28ClN3O2. The van der Waals surface area contributed by atoms with Crippen molar-refractivity contribution < 1.29 is 9.59 Å². The molecule has 0 aromatic heterocycles. The Bertz CT molecular complexity index is 598. The molecule has 2 saturated carbocycles. The van der Waals surface area contributed by atoms with E-state index in [2.05, 4.69) is 10.6 Å². The van der Waals surface area contributed by atoms with Crippen LogP contribution in [0.3, 0.4) is 0 Å². The lowest BCUT2D eigenvalue weighted by Gasteiger charge is -2.30. The van der Waals surface area contributed by atoms with Crippen molar-refractivity contribution in [1.82, 2.24) is 5.32 Å². The van der Waals surface area contributed by atoms with Crippen molar-refractivity contribution in [2.75, 3.05) is 11.9 Å². The fraction of sp³-hybridized carbons (Fsp3) is 0.579. The van der Waals surface area contributed by atoms with Crippen LogP contribution < -0.4 is 16.4 Å². The maximum Gasteiger partial charge on any atom is 0.251 e. The number of anilines is 1. The van der Waals surface area contributed by atoms with Gasteiger partial charge in [-0.25, -0.2) is 0 Å². The van der Waals surface area contributed by atoms with Gasteiger partial charge in [0.25, 0.3) is 5.91 Å². The summed E-state index contributed by atoms with van der Waals surface area (Å²) < 4.78 is 0. The Hall–Kier alpha value is -1.59. The van der Waals surface area contributed by atoms with Crippen molar-refractivity contribution >= 4 is 29.9 Å². The van der Waals surface area contributed by atoms with Gasteiger partial charge in [0.05, 0.1) is 0 Å². The molecule has 0 aliphatic heterocycles. The molecule has 1 aromatic rings. The van der Waals surface area contributed by atoms with E-state index in [-0.39, 0.29) is 36.2 Å². The fourth-order valence-corrected chi connectivity index (χ4v) is 3.49. The number of benzene rings is 1. The third-order valence-electron chi connectivity index (χ3n) is 5.13. The number of nitrogens with two attached hydrogens (primary N) is 1. The molecule has 0 spiro atoms. The Morgan fingerprint density at radius 1 is 1.12 bits per heavy atom. The van der Waals surface area contributed by atoms with E-state index in [1.165, 1.54) is 19.3 Å². The monoisotopic (exact) mass is 365 g/mol. The first-order chi connectivity index (χ1) is 11.7. The predicted octanol–water partition coefficient (Wildman–Crippen LogP) is 3.09. The van der Waals surface area contributed by atoms with Gasteiger partial charge in [-0.1, -0.05) is 25.3 Å². The van der Waals surface area contributed by atoms with Crippen LogP contribution in [-0.2, 0) is 4.79 Å². The summed E-state index contributed by atoms with van der Waals surface area (Å²) in [6, 6.07) is 7.16. The molecule has 2 amide bonds. The summed E-state index contributed by atoms with van der Waals surface area (Å²) in [7, 11) is 0. The van der Waals surface area contributed by atoms with Gasteiger partial charge in [0, 0.05) is 29.8 Å². The van der Waals surface area contributed by atoms with Gasteiger partial charge in [-0.15, -0.1) is 12.4 Å². The molecule has 0 saturated heterocycles. The minimum absolute atomic E-state index is 0. The first-order valence-corrected chi connectivity index (χ1v) is 9.09. The van der Waals surface area contributed by atoms with E-state index in [0.29, 0.717) is 23.7 Å². The molecule has 2 fully saturated rings. The Kier molecular flexibility index (Phi) is 7.26. The molecule has 1 unspecified atom stereocenters. The van der Waals surface area contributed by atoms with Crippen molar-refractivity contribution in [1.29, 1.82) is 0 Å². The van der Waals surface area contributed by atoms with Gasteiger partial charge >= 0.3 is 0 Å². The lowest BCUT2D eigenvalue weighted by atomic mass is 9.84. The average molecular weight is 366 g/mol. The van der Waals surface area contributed by atoms with Crippen molar-refractivity contribution in [3.05, 3.63) is 29.8 Å². The summed E-state index contributed by atoms with van der Waals surface area (Å²) in [5, 5.41) is 5.98. The smallest absolute Gasteiger partial charge is 0.251 e. The maximum absolute atomic E-state index is 12.6. The second-order valence-electron chi connectivity index (χ2n) is 7.06. The molecule has 0 radical (unpaired) electrons. The summed E-state index contributed by atoms with van der Waals surface area (Å²) in [6.45, 7) is 0.467. The van der Waals surface area contributed by atoms with Crippen LogP contribution in [0.2, 0.25) is 0 Å². The number of nitrogens with one attached hydrogen (secondary N) is 2. The van der Waals surface area contributed by atoms with Crippen molar-refractivity contribution in [2.24, 2.45) is 17.6 Å². The highest BCUT2D eigenvalue weighted by Gasteiger charge is 2.29. The zero-order valence-electron chi connectivity index (χ0n) is 14.5. The number of hydrogen-bond donors (Lipinski definition) is 3. The molecule has 0 heterocycles. The first-order valence-electron chi connectivity index (χ1n) is 9.09. The van der Waals surface area contributed by atoms with Crippen LogP contribution in [0.4, 0.5) is 5.69 Å².